The van der Waals surface area contributed by atoms with Gasteiger partial charge in [-0.3, -0.25) is 10.1 Å². The summed E-state index contributed by atoms with van der Waals surface area (Å²) in [5.41, 5.74) is 0.971. The summed E-state index contributed by atoms with van der Waals surface area (Å²) in [5.74, 6) is -0.633. The number of rotatable bonds is 5. The van der Waals surface area contributed by atoms with Crippen LogP contribution in [0.2, 0.25) is 0 Å². The van der Waals surface area contributed by atoms with Crippen LogP contribution in [0.25, 0.3) is 0 Å². The zero-order valence-electron chi connectivity index (χ0n) is 11.3. The molecule has 1 aliphatic rings. The average Bonchev–Trinajstić information content (AvgIpc) is 3.24. The van der Waals surface area contributed by atoms with Crippen molar-refractivity contribution < 1.29 is 23.6 Å². The summed E-state index contributed by atoms with van der Waals surface area (Å²) < 4.78 is 17.3. The summed E-state index contributed by atoms with van der Waals surface area (Å²) in [7, 11) is 1.21. The second-order valence-corrected chi connectivity index (χ2v) is 4.95. The van der Waals surface area contributed by atoms with Crippen molar-refractivity contribution in [3.63, 3.8) is 0 Å². The van der Waals surface area contributed by atoms with E-state index in [0.29, 0.717) is 12.6 Å². The van der Waals surface area contributed by atoms with Crippen molar-refractivity contribution in [3.05, 3.63) is 35.6 Å². The number of amides is 2. The number of hydrogen-bond acceptors (Lipinski definition) is 3. The van der Waals surface area contributed by atoms with E-state index < -0.39 is 6.09 Å². The van der Waals surface area contributed by atoms with Gasteiger partial charge < -0.3 is 9.64 Å². The van der Waals surface area contributed by atoms with Crippen LogP contribution in [0.1, 0.15) is 18.4 Å². The Bertz CT molecular complexity index is 486. The standard InChI is InChI=1S/C14H17FN2O3/c1-20-14(19)16-13(18)9-17(12-6-7-12)8-10-2-4-11(15)5-3-10/h2-5,12H,6-9H2,1H3,(H,16,18,19)/p+1. The second kappa shape index (κ2) is 6.47. The number of hydrogen-bond donors (Lipinski definition) is 2. The van der Waals surface area contributed by atoms with Crippen molar-refractivity contribution in [1.29, 1.82) is 0 Å². The normalized spacial score (nSPS) is 15.5. The molecule has 0 spiro atoms. The number of ether oxygens (including phenoxy) is 1. The summed E-state index contributed by atoms with van der Waals surface area (Å²) >= 11 is 0. The first kappa shape index (κ1) is 14.5. The maximum absolute atomic E-state index is 12.9. The quantitative estimate of drug-likeness (QED) is 0.813. The number of methoxy groups -OCH3 is 1. The Morgan fingerprint density at radius 3 is 2.55 bits per heavy atom. The van der Waals surface area contributed by atoms with Crippen molar-refractivity contribution in [3.8, 4) is 0 Å². The molecule has 2 rings (SSSR count). The van der Waals surface area contributed by atoms with Crippen LogP contribution in [0.15, 0.2) is 24.3 Å². The molecule has 6 heteroatoms. The molecule has 0 aromatic heterocycles. The highest BCUT2D eigenvalue weighted by atomic mass is 19.1. The molecule has 0 bridgehead atoms. The molecule has 0 aliphatic heterocycles. The summed E-state index contributed by atoms with van der Waals surface area (Å²) in [6.45, 7) is 0.844. The fraction of sp³-hybridized carbons (Fsp3) is 0.429. The molecule has 0 saturated heterocycles. The fourth-order valence-corrected chi connectivity index (χ4v) is 2.12. The zero-order valence-corrected chi connectivity index (χ0v) is 11.3. The predicted molar refractivity (Wildman–Crippen MR) is 69.5 cm³/mol. The summed E-state index contributed by atoms with van der Waals surface area (Å²) in [5, 5.41) is 2.16. The molecule has 1 unspecified atom stereocenters. The molecular formula is C14H18FN2O3+. The van der Waals surface area contributed by atoms with Gasteiger partial charge in [-0.1, -0.05) is 12.1 Å². The first-order valence-electron chi connectivity index (χ1n) is 6.55. The first-order chi connectivity index (χ1) is 9.58. The van der Waals surface area contributed by atoms with Gasteiger partial charge in [0.05, 0.1) is 13.2 Å². The minimum atomic E-state index is -0.744. The smallest absolute Gasteiger partial charge is 0.413 e. The largest absolute Gasteiger partial charge is 0.453 e. The van der Waals surface area contributed by atoms with E-state index in [0.717, 1.165) is 23.3 Å². The van der Waals surface area contributed by atoms with Gasteiger partial charge in [-0.2, -0.15) is 0 Å². The Morgan fingerprint density at radius 2 is 2.00 bits per heavy atom. The molecule has 1 atom stereocenters. The maximum Gasteiger partial charge on any atom is 0.413 e. The van der Waals surface area contributed by atoms with E-state index >= 15 is 0 Å². The van der Waals surface area contributed by atoms with E-state index in [4.69, 9.17) is 0 Å². The second-order valence-electron chi connectivity index (χ2n) is 4.95. The highest BCUT2D eigenvalue weighted by Gasteiger charge is 2.34. The topological polar surface area (TPSA) is 59.8 Å². The molecule has 108 valence electrons. The third kappa shape index (κ3) is 4.31. The van der Waals surface area contributed by atoms with Crippen LogP contribution in [-0.4, -0.2) is 31.7 Å². The van der Waals surface area contributed by atoms with Crippen LogP contribution in [-0.2, 0) is 16.1 Å². The van der Waals surface area contributed by atoms with Crippen molar-refractivity contribution in [1.82, 2.24) is 5.32 Å². The van der Waals surface area contributed by atoms with E-state index in [9.17, 15) is 14.0 Å². The molecule has 1 fully saturated rings. The van der Waals surface area contributed by atoms with Crippen LogP contribution in [0.5, 0.6) is 0 Å². The Kier molecular flexibility index (Phi) is 4.68. The number of halogens is 1. The molecule has 5 nitrogen and oxygen atoms in total. The SMILES string of the molecule is COC(=O)NC(=O)C[NH+](Cc1ccc(F)cc1)C1CC1. The number of benzene rings is 1. The van der Waals surface area contributed by atoms with Crippen molar-refractivity contribution in [2.24, 2.45) is 0 Å². The molecule has 0 heterocycles. The number of imide groups is 1. The first-order valence-corrected chi connectivity index (χ1v) is 6.55. The lowest BCUT2D eigenvalue weighted by Gasteiger charge is -2.18. The van der Waals surface area contributed by atoms with Gasteiger partial charge in [-0.05, 0) is 12.1 Å². The van der Waals surface area contributed by atoms with E-state index in [1.165, 1.54) is 19.2 Å². The van der Waals surface area contributed by atoms with Crippen LogP contribution in [0, 0.1) is 5.82 Å². The van der Waals surface area contributed by atoms with Gasteiger partial charge >= 0.3 is 6.09 Å². The summed E-state index contributed by atoms with van der Waals surface area (Å²) in [6.07, 6.45) is 1.40. The molecule has 1 aromatic carbocycles. The maximum atomic E-state index is 12.9. The van der Waals surface area contributed by atoms with E-state index in [2.05, 4.69) is 10.1 Å². The lowest BCUT2D eigenvalue weighted by Crippen LogP contribution is -3.13. The van der Waals surface area contributed by atoms with Gasteiger partial charge in [0.15, 0.2) is 6.54 Å². The molecule has 1 saturated carbocycles. The Morgan fingerprint density at radius 1 is 1.35 bits per heavy atom. The van der Waals surface area contributed by atoms with Gasteiger partial charge in [0.1, 0.15) is 12.4 Å². The van der Waals surface area contributed by atoms with Gasteiger partial charge in [0.2, 0.25) is 0 Å². The number of quaternary nitrogens is 1. The van der Waals surface area contributed by atoms with Gasteiger partial charge in [-0.15, -0.1) is 0 Å². The lowest BCUT2D eigenvalue weighted by molar-refractivity contribution is -0.917. The third-order valence-electron chi connectivity index (χ3n) is 3.31. The third-order valence-corrected chi connectivity index (χ3v) is 3.31. The fourth-order valence-electron chi connectivity index (χ4n) is 2.12. The van der Waals surface area contributed by atoms with E-state index in [-0.39, 0.29) is 18.3 Å². The number of alkyl carbamates (subject to hydrolysis) is 1. The molecule has 2 amide bonds. The zero-order chi connectivity index (χ0) is 14.5. The van der Waals surface area contributed by atoms with E-state index in [1.807, 2.05) is 0 Å². The predicted octanol–water partition coefficient (Wildman–Crippen LogP) is 0.256. The number of carbonyl (C=O) groups is 2. The van der Waals surface area contributed by atoms with Crippen LogP contribution >= 0.6 is 0 Å². The Hall–Kier alpha value is -1.95. The molecular weight excluding hydrogens is 263 g/mol. The molecule has 20 heavy (non-hydrogen) atoms. The van der Waals surface area contributed by atoms with Crippen molar-refractivity contribution >= 4 is 12.0 Å². The Balaban J connectivity index is 1.92. The molecule has 0 radical (unpaired) electrons. The van der Waals surface area contributed by atoms with E-state index in [1.54, 1.807) is 12.1 Å². The highest BCUT2D eigenvalue weighted by Crippen LogP contribution is 2.15. The average molecular weight is 281 g/mol. The van der Waals surface area contributed by atoms with Crippen LogP contribution in [0.4, 0.5) is 9.18 Å². The minimum Gasteiger partial charge on any atom is -0.453 e. The minimum absolute atomic E-state index is 0.205. The summed E-state index contributed by atoms with van der Waals surface area (Å²) in [6, 6.07) is 6.69. The van der Waals surface area contributed by atoms with Crippen molar-refractivity contribution in [2.45, 2.75) is 25.4 Å². The van der Waals surface area contributed by atoms with Gasteiger partial charge in [0, 0.05) is 18.4 Å². The lowest BCUT2D eigenvalue weighted by atomic mass is 10.2. The Labute approximate surface area is 116 Å². The number of nitrogens with one attached hydrogen (secondary N) is 2. The molecule has 2 N–H and O–H groups in total. The van der Waals surface area contributed by atoms with Crippen LogP contribution in [0.3, 0.4) is 0 Å². The van der Waals surface area contributed by atoms with Gasteiger partial charge in [0.25, 0.3) is 5.91 Å². The molecule has 1 aliphatic carbocycles. The number of carbonyl (C=O) groups excluding carboxylic acids is 2. The van der Waals surface area contributed by atoms with Gasteiger partial charge in [-0.25, -0.2) is 9.18 Å². The highest BCUT2D eigenvalue weighted by molar-refractivity contribution is 5.92. The van der Waals surface area contributed by atoms with Crippen molar-refractivity contribution in [2.75, 3.05) is 13.7 Å². The van der Waals surface area contributed by atoms with Crippen LogP contribution < -0.4 is 10.2 Å². The molecule has 1 aromatic rings. The summed E-state index contributed by atoms with van der Waals surface area (Å²) in [4.78, 5) is 23.8. The monoisotopic (exact) mass is 281 g/mol.